The van der Waals surface area contributed by atoms with Gasteiger partial charge in [0, 0.05) is 0 Å². The van der Waals surface area contributed by atoms with Crippen molar-refractivity contribution < 1.29 is 9.53 Å². The SMILES string of the molecule is CC/C(C)=C(/Br)C(=O)OCc1ccccc1. The average molecular weight is 283 g/mol. The van der Waals surface area contributed by atoms with Gasteiger partial charge in [-0.2, -0.15) is 0 Å². The Kier molecular flexibility index (Phi) is 5.26. The molecule has 0 saturated carbocycles. The van der Waals surface area contributed by atoms with Gasteiger partial charge in [-0.15, -0.1) is 0 Å². The van der Waals surface area contributed by atoms with Crippen LogP contribution in [0.5, 0.6) is 0 Å². The first-order chi connectivity index (χ1) is 7.65. The smallest absolute Gasteiger partial charge is 0.345 e. The number of ether oxygens (including phenoxy) is 1. The molecule has 0 aliphatic carbocycles. The minimum absolute atomic E-state index is 0.303. The summed E-state index contributed by atoms with van der Waals surface area (Å²) in [6, 6.07) is 9.63. The lowest BCUT2D eigenvalue weighted by Crippen LogP contribution is -2.05. The molecule has 0 unspecified atom stereocenters. The van der Waals surface area contributed by atoms with Crippen molar-refractivity contribution >= 4 is 21.9 Å². The van der Waals surface area contributed by atoms with Gasteiger partial charge in [0.2, 0.25) is 0 Å². The molecule has 0 aliphatic rings. The fourth-order valence-electron chi connectivity index (χ4n) is 1.12. The molecule has 0 amide bonds. The Bertz CT molecular complexity index is 382. The number of halogens is 1. The first kappa shape index (κ1) is 13.0. The van der Waals surface area contributed by atoms with Crippen molar-refractivity contribution in [3.63, 3.8) is 0 Å². The minimum atomic E-state index is -0.303. The van der Waals surface area contributed by atoms with E-state index in [1.807, 2.05) is 44.2 Å². The van der Waals surface area contributed by atoms with Crippen LogP contribution in [0, 0.1) is 0 Å². The molecular formula is C13H15BrO2. The van der Waals surface area contributed by atoms with E-state index >= 15 is 0 Å². The third-order valence-electron chi connectivity index (χ3n) is 2.30. The van der Waals surface area contributed by atoms with Crippen LogP contribution in [0.25, 0.3) is 0 Å². The van der Waals surface area contributed by atoms with Gasteiger partial charge in [-0.1, -0.05) is 42.8 Å². The predicted molar refractivity (Wildman–Crippen MR) is 68.2 cm³/mol. The molecule has 16 heavy (non-hydrogen) atoms. The molecular weight excluding hydrogens is 268 g/mol. The van der Waals surface area contributed by atoms with Gasteiger partial charge in [-0.25, -0.2) is 4.79 Å². The second-order valence-electron chi connectivity index (χ2n) is 3.51. The van der Waals surface area contributed by atoms with Gasteiger partial charge in [0.05, 0.1) is 0 Å². The quantitative estimate of drug-likeness (QED) is 0.620. The van der Waals surface area contributed by atoms with E-state index in [0.29, 0.717) is 11.1 Å². The van der Waals surface area contributed by atoms with Gasteiger partial charge in [0.1, 0.15) is 11.1 Å². The summed E-state index contributed by atoms with van der Waals surface area (Å²) < 4.78 is 5.70. The Morgan fingerprint density at radius 2 is 1.94 bits per heavy atom. The zero-order valence-corrected chi connectivity index (χ0v) is 11.1. The maximum absolute atomic E-state index is 11.6. The highest BCUT2D eigenvalue weighted by molar-refractivity contribution is 9.12. The Balaban J connectivity index is 2.54. The maximum Gasteiger partial charge on any atom is 0.345 e. The minimum Gasteiger partial charge on any atom is -0.457 e. The molecule has 1 aromatic carbocycles. The summed E-state index contributed by atoms with van der Waals surface area (Å²) in [6.07, 6.45) is 0.834. The van der Waals surface area contributed by atoms with E-state index in [0.717, 1.165) is 17.6 Å². The lowest BCUT2D eigenvalue weighted by Gasteiger charge is -2.06. The predicted octanol–water partition coefficient (Wildman–Crippen LogP) is 3.81. The number of carbonyl (C=O) groups is 1. The van der Waals surface area contributed by atoms with E-state index in [4.69, 9.17) is 4.74 Å². The lowest BCUT2D eigenvalue weighted by molar-refractivity contribution is -0.139. The summed E-state index contributed by atoms with van der Waals surface area (Å²) in [6.45, 7) is 4.22. The summed E-state index contributed by atoms with van der Waals surface area (Å²) in [5.41, 5.74) is 1.99. The average Bonchev–Trinajstić information content (AvgIpc) is 2.35. The van der Waals surface area contributed by atoms with Crippen molar-refractivity contribution in [1.82, 2.24) is 0 Å². The van der Waals surface area contributed by atoms with Crippen LogP contribution < -0.4 is 0 Å². The van der Waals surface area contributed by atoms with Crippen molar-refractivity contribution in [2.45, 2.75) is 26.9 Å². The van der Waals surface area contributed by atoms with Crippen molar-refractivity contribution in [3.8, 4) is 0 Å². The third kappa shape index (κ3) is 3.81. The zero-order valence-electron chi connectivity index (χ0n) is 9.50. The van der Waals surface area contributed by atoms with Crippen molar-refractivity contribution in [2.75, 3.05) is 0 Å². The van der Waals surface area contributed by atoms with Gasteiger partial charge in [-0.05, 0) is 34.8 Å². The Morgan fingerprint density at radius 3 is 2.50 bits per heavy atom. The molecule has 86 valence electrons. The van der Waals surface area contributed by atoms with Gasteiger partial charge in [0.15, 0.2) is 0 Å². The van der Waals surface area contributed by atoms with Gasteiger partial charge >= 0.3 is 5.97 Å². The molecule has 0 bridgehead atoms. The van der Waals surface area contributed by atoms with E-state index < -0.39 is 0 Å². The number of esters is 1. The van der Waals surface area contributed by atoms with E-state index in [2.05, 4.69) is 15.9 Å². The molecule has 1 aromatic rings. The highest BCUT2D eigenvalue weighted by atomic mass is 79.9. The molecule has 2 nitrogen and oxygen atoms in total. The van der Waals surface area contributed by atoms with E-state index in [9.17, 15) is 4.79 Å². The molecule has 3 heteroatoms. The molecule has 0 atom stereocenters. The molecule has 0 aromatic heterocycles. The zero-order chi connectivity index (χ0) is 12.0. The van der Waals surface area contributed by atoms with E-state index in [1.165, 1.54) is 0 Å². The molecule has 0 aliphatic heterocycles. The molecule has 1 rings (SSSR count). The number of rotatable bonds is 4. The second-order valence-corrected chi connectivity index (χ2v) is 4.30. The topological polar surface area (TPSA) is 26.3 Å². The Morgan fingerprint density at radius 1 is 1.31 bits per heavy atom. The molecule has 0 saturated heterocycles. The number of hydrogen-bond donors (Lipinski definition) is 0. The van der Waals surface area contributed by atoms with Crippen molar-refractivity contribution in [3.05, 3.63) is 46.0 Å². The summed E-state index contributed by atoms with van der Waals surface area (Å²) in [5, 5.41) is 0. The van der Waals surface area contributed by atoms with E-state index in [-0.39, 0.29) is 5.97 Å². The van der Waals surface area contributed by atoms with Crippen LogP contribution in [-0.2, 0) is 16.1 Å². The molecule has 0 radical (unpaired) electrons. The maximum atomic E-state index is 11.6. The van der Waals surface area contributed by atoms with Crippen LogP contribution in [0.2, 0.25) is 0 Å². The normalized spacial score (nSPS) is 11.9. The number of benzene rings is 1. The standard InChI is InChI=1S/C13H15BrO2/c1-3-10(2)12(14)13(15)16-9-11-7-5-4-6-8-11/h4-8H,3,9H2,1-2H3/b12-10+. The van der Waals surface area contributed by atoms with Crippen LogP contribution in [0.4, 0.5) is 0 Å². The fraction of sp³-hybridized carbons (Fsp3) is 0.308. The van der Waals surface area contributed by atoms with Crippen LogP contribution in [0.3, 0.4) is 0 Å². The Hall–Kier alpha value is -1.09. The highest BCUT2D eigenvalue weighted by Crippen LogP contribution is 2.17. The van der Waals surface area contributed by atoms with Crippen LogP contribution in [0.15, 0.2) is 40.4 Å². The fourth-order valence-corrected chi connectivity index (χ4v) is 1.51. The van der Waals surface area contributed by atoms with Crippen molar-refractivity contribution in [2.24, 2.45) is 0 Å². The summed E-state index contributed by atoms with van der Waals surface area (Å²) >= 11 is 3.25. The summed E-state index contributed by atoms with van der Waals surface area (Å²) in [5.74, 6) is -0.303. The second kappa shape index (κ2) is 6.48. The lowest BCUT2D eigenvalue weighted by atomic mass is 10.2. The number of carbonyl (C=O) groups excluding carboxylic acids is 1. The number of hydrogen-bond acceptors (Lipinski definition) is 2. The number of allylic oxidation sites excluding steroid dienone is 1. The van der Waals surface area contributed by atoms with Crippen LogP contribution in [0.1, 0.15) is 25.8 Å². The first-order valence-electron chi connectivity index (χ1n) is 5.21. The largest absolute Gasteiger partial charge is 0.457 e. The van der Waals surface area contributed by atoms with Crippen LogP contribution >= 0.6 is 15.9 Å². The van der Waals surface area contributed by atoms with Gasteiger partial charge < -0.3 is 4.74 Å². The molecule has 0 fully saturated rings. The Labute approximate surface area is 104 Å². The summed E-state index contributed by atoms with van der Waals surface area (Å²) in [7, 11) is 0. The monoisotopic (exact) mass is 282 g/mol. The molecule has 0 heterocycles. The van der Waals surface area contributed by atoms with Crippen LogP contribution in [-0.4, -0.2) is 5.97 Å². The molecule has 0 N–H and O–H groups in total. The van der Waals surface area contributed by atoms with Gasteiger partial charge in [0.25, 0.3) is 0 Å². The van der Waals surface area contributed by atoms with E-state index in [1.54, 1.807) is 0 Å². The van der Waals surface area contributed by atoms with Crippen molar-refractivity contribution in [1.29, 1.82) is 0 Å². The summed E-state index contributed by atoms with van der Waals surface area (Å²) in [4.78, 5) is 11.6. The third-order valence-corrected chi connectivity index (χ3v) is 3.30. The first-order valence-corrected chi connectivity index (χ1v) is 6.00. The highest BCUT2D eigenvalue weighted by Gasteiger charge is 2.10. The van der Waals surface area contributed by atoms with Gasteiger partial charge in [-0.3, -0.25) is 0 Å². The molecule has 0 spiro atoms.